The van der Waals surface area contributed by atoms with Gasteiger partial charge in [-0.25, -0.2) is 13.4 Å². The van der Waals surface area contributed by atoms with E-state index in [1.807, 2.05) is 18.2 Å². The van der Waals surface area contributed by atoms with Gasteiger partial charge in [-0.3, -0.25) is 9.59 Å². The zero-order valence-electron chi connectivity index (χ0n) is 15.1. The zero-order chi connectivity index (χ0) is 19.0. The highest BCUT2D eigenvalue weighted by Crippen LogP contribution is 2.29. The Balaban J connectivity index is 1.50. The number of nitrogens with one attached hydrogen (secondary N) is 1. The summed E-state index contributed by atoms with van der Waals surface area (Å²) in [6.45, 7) is 0. The molecule has 2 atom stereocenters. The monoisotopic (exact) mass is 389 g/mol. The molecule has 8 heteroatoms. The number of aryl methyl sites for hydroxylation is 1. The van der Waals surface area contributed by atoms with Crippen LogP contribution in [0.2, 0.25) is 0 Å². The summed E-state index contributed by atoms with van der Waals surface area (Å²) in [4.78, 5) is 25.0. The molecular weight excluding hydrogens is 366 g/mol. The molecule has 1 saturated heterocycles. The molecule has 2 heterocycles. The van der Waals surface area contributed by atoms with Crippen LogP contribution in [-0.4, -0.2) is 48.5 Å². The van der Waals surface area contributed by atoms with E-state index in [2.05, 4.69) is 16.5 Å². The average molecular weight is 389 g/mol. The Bertz CT molecular complexity index is 909. The highest BCUT2D eigenvalue weighted by molar-refractivity contribution is 7.91. The molecule has 1 aliphatic carbocycles. The third-order valence-electron chi connectivity index (χ3n) is 5.55. The second-order valence-electron chi connectivity index (χ2n) is 7.46. The third kappa shape index (κ3) is 3.76. The van der Waals surface area contributed by atoms with Gasteiger partial charge in [-0.15, -0.1) is 0 Å². The Labute approximate surface area is 158 Å². The standard InChI is InChI=1S/C19H23N3O4S/c23-18-9-8-17(21-22(18)14-10-11-27(25,26)12-14)19(24)20-16-7-3-5-13-4-1-2-6-15(13)16/h1-2,4,6,14,16H,3,5,7-12H2,(H,20,24). The summed E-state index contributed by atoms with van der Waals surface area (Å²) in [5, 5.41) is 8.55. The molecule has 2 unspecified atom stereocenters. The van der Waals surface area contributed by atoms with Crippen molar-refractivity contribution in [2.45, 2.75) is 50.6 Å². The zero-order valence-corrected chi connectivity index (χ0v) is 15.9. The van der Waals surface area contributed by atoms with Crippen molar-refractivity contribution in [1.29, 1.82) is 0 Å². The maximum absolute atomic E-state index is 12.8. The van der Waals surface area contributed by atoms with Crippen LogP contribution in [0.5, 0.6) is 0 Å². The van der Waals surface area contributed by atoms with Gasteiger partial charge in [0.2, 0.25) is 5.91 Å². The molecule has 0 saturated carbocycles. The topological polar surface area (TPSA) is 95.9 Å². The second-order valence-corrected chi connectivity index (χ2v) is 9.69. The first-order valence-corrected chi connectivity index (χ1v) is 11.2. The predicted molar refractivity (Wildman–Crippen MR) is 101 cm³/mol. The predicted octanol–water partition coefficient (Wildman–Crippen LogP) is 1.35. The fourth-order valence-electron chi connectivity index (χ4n) is 4.13. The molecular formula is C19H23N3O4S. The van der Waals surface area contributed by atoms with Crippen molar-refractivity contribution in [3.8, 4) is 0 Å². The molecule has 4 rings (SSSR count). The summed E-state index contributed by atoms with van der Waals surface area (Å²) in [6, 6.07) is 7.60. The van der Waals surface area contributed by atoms with E-state index in [9.17, 15) is 18.0 Å². The molecule has 2 amide bonds. The molecule has 1 fully saturated rings. The lowest BCUT2D eigenvalue weighted by molar-refractivity contribution is -0.133. The van der Waals surface area contributed by atoms with Gasteiger partial charge in [0.1, 0.15) is 5.71 Å². The van der Waals surface area contributed by atoms with Crippen LogP contribution < -0.4 is 5.32 Å². The van der Waals surface area contributed by atoms with Gasteiger partial charge in [0.25, 0.3) is 5.91 Å². The number of hydrogen-bond acceptors (Lipinski definition) is 5. The van der Waals surface area contributed by atoms with Crippen LogP contribution in [0.25, 0.3) is 0 Å². The Hall–Kier alpha value is -2.22. The fourth-order valence-corrected chi connectivity index (χ4v) is 5.83. The van der Waals surface area contributed by atoms with Gasteiger partial charge in [0, 0.05) is 12.8 Å². The van der Waals surface area contributed by atoms with E-state index in [1.165, 1.54) is 10.6 Å². The highest BCUT2D eigenvalue weighted by atomic mass is 32.2. The molecule has 1 N–H and O–H groups in total. The minimum absolute atomic E-state index is 0.0527. The molecule has 0 radical (unpaired) electrons. The van der Waals surface area contributed by atoms with Crippen LogP contribution >= 0.6 is 0 Å². The molecule has 1 aromatic carbocycles. The number of fused-ring (bicyclic) bond motifs is 1. The quantitative estimate of drug-likeness (QED) is 0.844. The van der Waals surface area contributed by atoms with Gasteiger partial charge in [-0.05, 0) is 36.8 Å². The van der Waals surface area contributed by atoms with Crippen LogP contribution in [0, 0.1) is 0 Å². The van der Waals surface area contributed by atoms with Crippen LogP contribution in [0.1, 0.15) is 49.3 Å². The Morgan fingerprint density at radius 2 is 1.96 bits per heavy atom. The van der Waals surface area contributed by atoms with E-state index in [-0.39, 0.29) is 42.2 Å². The minimum Gasteiger partial charge on any atom is -0.344 e. The van der Waals surface area contributed by atoms with Crippen molar-refractivity contribution < 1.29 is 18.0 Å². The van der Waals surface area contributed by atoms with Crippen LogP contribution in [0.4, 0.5) is 0 Å². The first kappa shape index (κ1) is 18.2. The first-order chi connectivity index (χ1) is 12.9. The van der Waals surface area contributed by atoms with Crippen molar-refractivity contribution in [2.24, 2.45) is 5.10 Å². The lowest BCUT2D eigenvalue weighted by atomic mass is 9.87. The molecule has 0 aromatic heterocycles. The number of sulfone groups is 1. The molecule has 0 bridgehead atoms. The number of rotatable bonds is 3. The first-order valence-electron chi connectivity index (χ1n) is 9.41. The van der Waals surface area contributed by atoms with Crippen molar-refractivity contribution >= 4 is 27.4 Å². The number of hydrogen-bond donors (Lipinski definition) is 1. The maximum atomic E-state index is 12.8. The number of benzene rings is 1. The largest absolute Gasteiger partial charge is 0.344 e. The SMILES string of the molecule is O=C(NC1CCCc2ccccc21)C1=NN(C2CCS(=O)(=O)C2)C(=O)CC1. The summed E-state index contributed by atoms with van der Waals surface area (Å²) in [5.41, 5.74) is 2.71. The maximum Gasteiger partial charge on any atom is 0.267 e. The lowest BCUT2D eigenvalue weighted by Gasteiger charge is -2.29. The van der Waals surface area contributed by atoms with Crippen LogP contribution in [-0.2, 0) is 25.8 Å². The van der Waals surface area contributed by atoms with E-state index in [4.69, 9.17) is 0 Å². The Kier molecular flexibility index (Phi) is 4.75. The number of hydrazone groups is 1. The normalized spacial score (nSPS) is 27.0. The Morgan fingerprint density at radius 1 is 1.15 bits per heavy atom. The summed E-state index contributed by atoms with van der Waals surface area (Å²) in [5.74, 6) is -0.489. The van der Waals surface area contributed by atoms with Crippen molar-refractivity contribution in [3.05, 3.63) is 35.4 Å². The van der Waals surface area contributed by atoms with Crippen molar-refractivity contribution in [3.63, 3.8) is 0 Å². The Morgan fingerprint density at radius 3 is 2.74 bits per heavy atom. The summed E-state index contributed by atoms with van der Waals surface area (Å²) >= 11 is 0. The van der Waals surface area contributed by atoms with E-state index < -0.39 is 15.9 Å². The van der Waals surface area contributed by atoms with E-state index in [0.29, 0.717) is 12.1 Å². The molecule has 3 aliphatic rings. The molecule has 0 spiro atoms. The number of carbonyl (C=O) groups is 2. The van der Waals surface area contributed by atoms with Gasteiger partial charge >= 0.3 is 0 Å². The lowest BCUT2D eigenvalue weighted by Crippen LogP contribution is -2.44. The third-order valence-corrected chi connectivity index (χ3v) is 7.30. The second kappa shape index (κ2) is 7.07. The van der Waals surface area contributed by atoms with Gasteiger partial charge in [-0.1, -0.05) is 24.3 Å². The average Bonchev–Trinajstić information content (AvgIpc) is 3.02. The van der Waals surface area contributed by atoms with E-state index >= 15 is 0 Å². The smallest absolute Gasteiger partial charge is 0.267 e. The summed E-state index contributed by atoms with van der Waals surface area (Å²) in [6.07, 6.45) is 3.75. The molecule has 7 nitrogen and oxygen atoms in total. The van der Waals surface area contributed by atoms with Crippen LogP contribution in [0.3, 0.4) is 0 Å². The number of nitrogens with zero attached hydrogens (tertiary/aromatic N) is 2. The molecule has 27 heavy (non-hydrogen) atoms. The number of carbonyl (C=O) groups excluding carboxylic acids is 2. The highest BCUT2D eigenvalue weighted by Gasteiger charge is 2.37. The van der Waals surface area contributed by atoms with Gasteiger partial charge in [0.15, 0.2) is 9.84 Å². The van der Waals surface area contributed by atoms with Crippen molar-refractivity contribution in [2.75, 3.05) is 11.5 Å². The molecule has 144 valence electrons. The fraction of sp³-hybridized carbons (Fsp3) is 0.526. The van der Waals surface area contributed by atoms with Gasteiger partial charge in [0.05, 0.1) is 23.6 Å². The summed E-state index contributed by atoms with van der Waals surface area (Å²) < 4.78 is 23.4. The van der Waals surface area contributed by atoms with E-state index in [1.54, 1.807) is 0 Å². The van der Waals surface area contributed by atoms with Gasteiger partial charge in [-0.2, -0.15) is 5.10 Å². The minimum atomic E-state index is -3.13. The van der Waals surface area contributed by atoms with Gasteiger partial charge < -0.3 is 5.32 Å². The number of amides is 2. The van der Waals surface area contributed by atoms with E-state index in [0.717, 1.165) is 24.8 Å². The molecule has 2 aliphatic heterocycles. The van der Waals surface area contributed by atoms with Crippen molar-refractivity contribution in [1.82, 2.24) is 10.3 Å². The van der Waals surface area contributed by atoms with Crippen LogP contribution in [0.15, 0.2) is 29.4 Å². The summed E-state index contributed by atoms with van der Waals surface area (Å²) in [7, 11) is -3.13. The molecule has 1 aromatic rings.